The van der Waals surface area contributed by atoms with E-state index in [1.165, 1.54) is 0 Å². The van der Waals surface area contributed by atoms with E-state index >= 15 is 0 Å². The Bertz CT molecular complexity index is 211. The van der Waals surface area contributed by atoms with Gasteiger partial charge in [-0.1, -0.05) is 0 Å². The average Bonchev–Trinajstić information content (AvgIpc) is 1.97. The molecule has 0 spiro atoms. The van der Waals surface area contributed by atoms with Crippen LogP contribution < -0.4 is 11.1 Å². The molecule has 0 aromatic heterocycles. The number of amides is 1. The maximum atomic E-state index is 11.6. The summed E-state index contributed by atoms with van der Waals surface area (Å²) in [5, 5.41) is 2.35. The number of halogens is 3. The molecule has 0 heterocycles. The second kappa shape index (κ2) is 5.32. The van der Waals surface area contributed by atoms with Gasteiger partial charge in [-0.15, -0.1) is 0 Å². The van der Waals surface area contributed by atoms with Crippen molar-refractivity contribution in [2.75, 3.05) is 19.8 Å². The Kier molecular flexibility index (Phi) is 5.02. The van der Waals surface area contributed by atoms with Crippen LogP contribution >= 0.6 is 0 Å². The molecule has 0 aromatic rings. The molecule has 0 saturated carbocycles. The lowest BCUT2D eigenvalue weighted by molar-refractivity contribution is -0.175. The smallest absolute Gasteiger partial charge is 0.362 e. The van der Waals surface area contributed by atoms with E-state index in [9.17, 15) is 18.0 Å². The highest BCUT2D eigenvalue weighted by Gasteiger charge is 2.27. The van der Waals surface area contributed by atoms with Gasteiger partial charge >= 0.3 is 6.18 Å². The third kappa shape index (κ3) is 11.1. The summed E-state index contributed by atoms with van der Waals surface area (Å²) in [7, 11) is 0. The largest absolute Gasteiger partial charge is 0.411 e. The van der Waals surface area contributed by atoms with Crippen molar-refractivity contribution in [1.29, 1.82) is 0 Å². The van der Waals surface area contributed by atoms with Gasteiger partial charge in [-0.2, -0.15) is 13.2 Å². The van der Waals surface area contributed by atoms with Crippen LogP contribution in [0.2, 0.25) is 0 Å². The number of alkyl halides is 3. The van der Waals surface area contributed by atoms with Crippen LogP contribution in [0.3, 0.4) is 0 Å². The van der Waals surface area contributed by atoms with E-state index < -0.39 is 30.8 Å². The monoisotopic (exact) mass is 228 g/mol. The molecule has 1 amide bonds. The summed E-state index contributed by atoms with van der Waals surface area (Å²) in [5.41, 5.74) is 4.95. The van der Waals surface area contributed by atoms with E-state index in [4.69, 9.17) is 5.73 Å². The number of carbonyl (C=O) groups excluding carboxylic acids is 1. The van der Waals surface area contributed by atoms with Gasteiger partial charge in [-0.3, -0.25) is 4.79 Å². The maximum Gasteiger partial charge on any atom is 0.411 e. The molecule has 0 aliphatic heterocycles. The lowest BCUT2D eigenvalue weighted by atomic mass is 10.1. The van der Waals surface area contributed by atoms with E-state index in [1.54, 1.807) is 13.8 Å². The first-order valence-corrected chi connectivity index (χ1v) is 4.30. The third-order valence-corrected chi connectivity index (χ3v) is 1.24. The highest BCUT2D eigenvalue weighted by molar-refractivity contribution is 5.77. The summed E-state index contributed by atoms with van der Waals surface area (Å²) in [6, 6.07) is 0. The summed E-state index contributed by atoms with van der Waals surface area (Å²) in [6.45, 7) is 1.51. The molecular weight excluding hydrogens is 213 g/mol. The van der Waals surface area contributed by atoms with Crippen LogP contribution in [0, 0.1) is 0 Å². The van der Waals surface area contributed by atoms with Gasteiger partial charge in [0, 0.05) is 12.1 Å². The Morgan fingerprint density at radius 2 is 1.93 bits per heavy atom. The van der Waals surface area contributed by atoms with Crippen molar-refractivity contribution in [3.63, 3.8) is 0 Å². The number of hydrogen-bond donors (Lipinski definition) is 2. The molecule has 0 atom stereocenters. The second-order valence-electron chi connectivity index (χ2n) is 3.87. The zero-order valence-electron chi connectivity index (χ0n) is 8.65. The van der Waals surface area contributed by atoms with Crippen LogP contribution in [0.1, 0.15) is 13.8 Å². The first-order chi connectivity index (χ1) is 6.60. The molecule has 0 radical (unpaired) electrons. The summed E-state index contributed by atoms with van der Waals surface area (Å²) in [4.78, 5) is 10.9. The molecule has 0 bridgehead atoms. The third-order valence-electron chi connectivity index (χ3n) is 1.24. The Morgan fingerprint density at radius 3 is 2.33 bits per heavy atom. The van der Waals surface area contributed by atoms with Crippen LogP contribution in [-0.4, -0.2) is 37.4 Å². The van der Waals surface area contributed by atoms with Gasteiger partial charge in [0.25, 0.3) is 0 Å². The Morgan fingerprint density at radius 1 is 1.40 bits per heavy atom. The highest BCUT2D eigenvalue weighted by atomic mass is 19.4. The average molecular weight is 228 g/mol. The number of nitrogens with two attached hydrogens (primary N) is 1. The number of carbonyl (C=O) groups is 1. The van der Waals surface area contributed by atoms with Crippen molar-refractivity contribution in [3.05, 3.63) is 0 Å². The van der Waals surface area contributed by atoms with Gasteiger partial charge in [0.1, 0.15) is 13.2 Å². The Hall–Kier alpha value is -0.820. The van der Waals surface area contributed by atoms with Gasteiger partial charge in [-0.05, 0) is 13.8 Å². The minimum Gasteiger partial charge on any atom is -0.362 e. The SMILES string of the molecule is CC(C)(N)CNC(=O)COCC(F)(F)F. The van der Waals surface area contributed by atoms with Crippen LogP contribution in [0.4, 0.5) is 13.2 Å². The maximum absolute atomic E-state index is 11.6. The predicted octanol–water partition coefficient (Wildman–Crippen LogP) is 0.419. The molecule has 90 valence electrons. The number of rotatable bonds is 5. The molecule has 3 N–H and O–H groups in total. The Balaban J connectivity index is 3.60. The summed E-state index contributed by atoms with van der Waals surface area (Å²) >= 11 is 0. The quantitative estimate of drug-likeness (QED) is 0.716. The topological polar surface area (TPSA) is 64.3 Å². The fraction of sp³-hybridized carbons (Fsp3) is 0.875. The standard InChI is InChI=1S/C8H15F3N2O2/c1-7(2,12)4-13-6(14)3-15-5-8(9,10)11/h3-5,12H2,1-2H3,(H,13,14). The normalized spacial score (nSPS) is 12.7. The molecule has 0 unspecified atom stereocenters. The van der Waals surface area contributed by atoms with Crippen molar-refractivity contribution >= 4 is 5.91 Å². The molecule has 0 aliphatic rings. The lowest BCUT2D eigenvalue weighted by Gasteiger charge is -2.18. The van der Waals surface area contributed by atoms with Crippen molar-refractivity contribution in [2.45, 2.75) is 25.6 Å². The molecule has 0 saturated heterocycles. The fourth-order valence-corrected chi connectivity index (χ4v) is 0.637. The minimum absolute atomic E-state index is 0.182. The Labute approximate surface area is 86.0 Å². The zero-order valence-corrected chi connectivity index (χ0v) is 8.65. The van der Waals surface area contributed by atoms with Crippen LogP contribution in [0.15, 0.2) is 0 Å². The van der Waals surface area contributed by atoms with Crippen LogP contribution in [0.5, 0.6) is 0 Å². The molecule has 15 heavy (non-hydrogen) atoms. The molecule has 0 aliphatic carbocycles. The van der Waals surface area contributed by atoms with Gasteiger partial charge in [0.05, 0.1) is 0 Å². The molecule has 7 heteroatoms. The fourth-order valence-electron chi connectivity index (χ4n) is 0.637. The molecule has 0 fully saturated rings. The molecule has 0 rings (SSSR count). The van der Waals surface area contributed by atoms with E-state index in [2.05, 4.69) is 10.1 Å². The minimum atomic E-state index is -4.41. The summed E-state index contributed by atoms with van der Waals surface area (Å²) in [6.07, 6.45) is -4.41. The van der Waals surface area contributed by atoms with E-state index in [0.29, 0.717) is 0 Å². The number of hydrogen-bond acceptors (Lipinski definition) is 3. The van der Waals surface area contributed by atoms with Crippen LogP contribution in [0.25, 0.3) is 0 Å². The van der Waals surface area contributed by atoms with Crippen LogP contribution in [-0.2, 0) is 9.53 Å². The predicted molar refractivity (Wildman–Crippen MR) is 48.2 cm³/mol. The number of ether oxygens (including phenoxy) is 1. The van der Waals surface area contributed by atoms with Crippen molar-refractivity contribution in [2.24, 2.45) is 5.73 Å². The first kappa shape index (κ1) is 14.2. The van der Waals surface area contributed by atoms with Gasteiger partial charge < -0.3 is 15.8 Å². The summed E-state index contributed by atoms with van der Waals surface area (Å²) in [5.74, 6) is -0.613. The van der Waals surface area contributed by atoms with Gasteiger partial charge in [-0.25, -0.2) is 0 Å². The molecular formula is C8H15F3N2O2. The zero-order chi connectivity index (χ0) is 12.1. The van der Waals surface area contributed by atoms with E-state index in [0.717, 1.165) is 0 Å². The van der Waals surface area contributed by atoms with E-state index in [-0.39, 0.29) is 6.54 Å². The summed E-state index contributed by atoms with van der Waals surface area (Å²) < 4.78 is 39.0. The lowest BCUT2D eigenvalue weighted by Crippen LogP contribution is -2.46. The highest BCUT2D eigenvalue weighted by Crippen LogP contribution is 2.13. The van der Waals surface area contributed by atoms with Crippen molar-refractivity contribution in [1.82, 2.24) is 5.32 Å². The first-order valence-electron chi connectivity index (χ1n) is 4.30. The van der Waals surface area contributed by atoms with Crippen molar-refractivity contribution < 1.29 is 22.7 Å². The molecule has 0 aromatic carbocycles. The number of nitrogens with one attached hydrogen (secondary N) is 1. The van der Waals surface area contributed by atoms with Gasteiger partial charge in [0.15, 0.2) is 0 Å². The van der Waals surface area contributed by atoms with Crippen molar-refractivity contribution in [3.8, 4) is 0 Å². The van der Waals surface area contributed by atoms with Gasteiger partial charge in [0.2, 0.25) is 5.91 Å². The van der Waals surface area contributed by atoms with E-state index in [1.807, 2.05) is 0 Å². The second-order valence-corrected chi connectivity index (χ2v) is 3.87. The molecule has 4 nitrogen and oxygen atoms in total.